The largest absolute Gasteiger partial charge is 0.354 e. The van der Waals surface area contributed by atoms with Gasteiger partial charge in [0.1, 0.15) is 4.83 Å². The Bertz CT molecular complexity index is 796. The van der Waals surface area contributed by atoms with Crippen LogP contribution >= 0.6 is 11.3 Å². The van der Waals surface area contributed by atoms with E-state index in [4.69, 9.17) is 0 Å². The third-order valence-electron chi connectivity index (χ3n) is 4.62. The molecule has 0 fully saturated rings. The molecule has 2 aromatic rings. The van der Waals surface area contributed by atoms with Gasteiger partial charge in [-0.2, -0.15) is 0 Å². The SMILES string of the molecule is CNC(C)CNC(=O)CCn1cnc2sc3c(c2c1=O)CCCC3. The van der Waals surface area contributed by atoms with Crippen molar-refractivity contribution in [2.45, 2.75) is 51.6 Å². The number of hydrogen-bond donors (Lipinski definition) is 2. The van der Waals surface area contributed by atoms with Gasteiger partial charge in [-0.15, -0.1) is 11.3 Å². The first kappa shape index (κ1) is 17.1. The summed E-state index contributed by atoms with van der Waals surface area (Å²) in [6, 6.07) is 0.229. The van der Waals surface area contributed by atoms with E-state index in [1.807, 2.05) is 14.0 Å². The molecule has 24 heavy (non-hydrogen) atoms. The first-order chi connectivity index (χ1) is 11.6. The molecule has 6 nitrogen and oxygen atoms in total. The Morgan fingerprint density at radius 3 is 3.00 bits per heavy atom. The predicted molar refractivity (Wildman–Crippen MR) is 96.7 cm³/mol. The molecule has 0 bridgehead atoms. The molecule has 2 N–H and O–H groups in total. The fourth-order valence-electron chi connectivity index (χ4n) is 3.02. The van der Waals surface area contributed by atoms with Gasteiger partial charge in [-0.05, 0) is 45.2 Å². The number of amides is 1. The molecule has 7 heteroatoms. The third-order valence-corrected chi connectivity index (χ3v) is 5.82. The van der Waals surface area contributed by atoms with Crippen molar-refractivity contribution >= 4 is 27.5 Å². The van der Waals surface area contributed by atoms with Crippen LogP contribution < -0.4 is 16.2 Å². The van der Waals surface area contributed by atoms with Crippen LogP contribution in [0.25, 0.3) is 10.2 Å². The van der Waals surface area contributed by atoms with Crippen molar-refractivity contribution < 1.29 is 4.79 Å². The minimum Gasteiger partial charge on any atom is -0.354 e. The summed E-state index contributed by atoms with van der Waals surface area (Å²) < 4.78 is 1.57. The number of carbonyl (C=O) groups excluding carboxylic acids is 1. The molecule has 0 saturated carbocycles. The van der Waals surface area contributed by atoms with Gasteiger partial charge in [-0.25, -0.2) is 4.98 Å². The van der Waals surface area contributed by atoms with Crippen LogP contribution in [0.15, 0.2) is 11.1 Å². The molecule has 0 radical (unpaired) electrons. The Morgan fingerprint density at radius 1 is 1.42 bits per heavy atom. The van der Waals surface area contributed by atoms with E-state index in [2.05, 4.69) is 15.6 Å². The van der Waals surface area contributed by atoms with Crippen LogP contribution in [0, 0.1) is 0 Å². The maximum atomic E-state index is 12.8. The number of hydrogen-bond acceptors (Lipinski definition) is 5. The van der Waals surface area contributed by atoms with Crippen LogP contribution in [0.2, 0.25) is 0 Å². The van der Waals surface area contributed by atoms with Crippen LogP contribution in [0.1, 0.15) is 36.6 Å². The molecule has 0 aliphatic heterocycles. The molecule has 1 amide bonds. The average Bonchev–Trinajstić information content (AvgIpc) is 2.98. The minimum atomic E-state index is -0.0450. The summed E-state index contributed by atoms with van der Waals surface area (Å²) >= 11 is 1.65. The van der Waals surface area contributed by atoms with E-state index >= 15 is 0 Å². The standard InChI is InChI=1S/C17H24N4O2S/c1-11(18-2)9-19-14(22)7-8-21-10-20-16-15(17(21)23)12-5-3-4-6-13(12)24-16/h10-11,18H,3-9H2,1-2H3,(H,19,22). The highest BCUT2D eigenvalue weighted by atomic mass is 32.1. The van der Waals surface area contributed by atoms with Gasteiger partial charge >= 0.3 is 0 Å². The van der Waals surface area contributed by atoms with E-state index in [9.17, 15) is 9.59 Å². The van der Waals surface area contributed by atoms with Gasteiger partial charge in [0.05, 0.1) is 11.7 Å². The van der Waals surface area contributed by atoms with Crippen LogP contribution in [0.4, 0.5) is 0 Å². The second kappa shape index (κ2) is 7.44. The summed E-state index contributed by atoms with van der Waals surface area (Å²) in [5.74, 6) is -0.0450. The van der Waals surface area contributed by atoms with E-state index in [0.717, 1.165) is 29.5 Å². The summed E-state index contributed by atoms with van der Waals surface area (Å²) in [6.07, 6.45) is 6.23. The third kappa shape index (κ3) is 3.52. The zero-order chi connectivity index (χ0) is 17.1. The average molecular weight is 348 g/mol. The fraction of sp³-hybridized carbons (Fsp3) is 0.588. The highest BCUT2D eigenvalue weighted by Gasteiger charge is 2.20. The monoisotopic (exact) mass is 348 g/mol. The zero-order valence-electron chi connectivity index (χ0n) is 14.2. The smallest absolute Gasteiger partial charge is 0.262 e. The number of thiophene rings is 1. The Morgan fingerprint density at radius 2 is 2.21 bits per heavy atom. The van der Waals surface area contributed by atoms with Crippen molar-refractivity contribution in [1.29, 1.82) is 0 Å². The molecule has 2 heterocycles. The lowest BCUT2D eigenvalue weighted by Gasteiger charge is -2.12. The number of likely N-dealkylation sites (N-methyl/N-ethyl adjacent to an activating group) is 1. The summed E-state index contributed by atoms with van der Waals surface area (Å²) in [5.41, 5.74) is 1.19. The van der Waals surface area contributed by atoms with Crippen LogP contribution in [-0.4, -0.2) is 35.1 Å². The lowest BCUT2D eigenvalue weighted by atomic mass is 9.97. The maximum Gasteiger partial charge on any atom is 0.262 e. The Hall–Kier alpha value is -1.73. The van der Waals surface area contributed by atoms with Crippen LogP contribution in [0.5, 0.6) is 0 Å². The van der Waals surface area contributed by atoms with E-state index in [-0.39, 0.29) is 23.9 Å². The normalized spacial score (nSPS) is 15.2. The van der Waals surface area contributed by atoms with Gasteiger partial charge in [0.25, 0.3) is 5.56 Å². The number of rotatable bonds is 6. The molecular formula is C17H24N4O2S. The molecular weight excluding hydrogens is 324 g/mol. The molecule has 1 unspecified atom stereocenters. The summed E-state index contributed by atoms with van der Waals surface area (Å²) in [5, 5.41) is 6.72. The number of aromatic nitrogens is 2. The fourth-order valence-corrected chi connectivity index (χ4v) is 4.24. The number of nitrogens with one attached hydrogen (secondary N) is 2. The van der Waals surface area contributed by atoms with Crippen molar-refractivity contribution in [3.8, 4) is 0 Å². The zero-order valence-corrected chi connectivity index (χ0v) is 15.0. The van der Waals surface area contributed by atoms with Crippen molar-refractivity contribution in [2.24, 2.45) is 0 Å². The van der Waals surface area contributed by atoms with Crippen molar-refractivity contribution in [3.63, 3.8) is 0 Å². The molecule has 0 spiro atoms. The molecule has 0 saturated heterocycles. The molecule has 1 aliphatic rings. The predicted octanol–water partition coefficient (Wildman–Crippen LogP) is 1.45. The quantitative estimate of drug-likeness (QED) is 0.828. The second-order valence-electron chi connectivity index (χ2n) is 6.38. The first-order valence-corrected chi connectivity index (χ1v) is 9.35. The highest BCUT2D eigenvalue weighted by molar-refractivity contribution is 7.18. The highest BCUT2D eigenvalue weighted by Crippen LogP contribution is 2.33. The Labute approximate surface area is 145 Å². The van der Waals surface area contributed by atoms with E-state index in [1.165, 1.54) is 16.9 Å². The van der Waals surface area contributed by atoms with Gasteiger partial charge in [0, 0.05) is 30.4 Å². The van der Waals surface area contributed by atoms with E-state index in [1.54, 1.807) is 22.2 Å². The molecule has 1 atom stereocenters. The van der Waals surface area contributed by atoms with Crippen LogP contribution in [-0.2, 0) is 24.2 Å². The van der Waals surface area contributed by atoms with Crippen molar-refractivity contribution in [2.75, 3.05) is 13.6 Å². The molecule has 130 valence electrons. The Kier molecular flexibility index (Phi) is 5.30. The molecule has 1 aliphatic carbocycles. The Balaban J connectivity index is 1.72. The van der Waals surface area contributed by atoms with Gasteiger partial charge in [0.2, 0.25) is 5.91 Å². The number of nitrogens with zero attached hydrogens (tertiary/aromatic N) is 2. The first-order valence-electron chi connectivity index (χ1n) is 8.53. The summed E-state index contributed by atoms with van der Waals surface area (Å²) in [6.45, 7) is 2.95. The van der Waals surface area contributed by atoms with Gasteiger partial charge in [-0.3, -0.25) is 14.2 Å². The number of carbonyl (C=O) groups is 1. The number of fused-ring (bicyclic) bond motifs is 3. The van der Waals surface area contributed by atoms with Crippen LogP contribution in [0.3, 0.4) is 0 Å². The summed E-state index contributed by atoms with van der Waals surface area (Å²) in [4.78, 5) is 31.3. The van der Waals surface area contributed by atoms with E-state index < -0.39 is 0 Å². The van der Waals surface area contributed by atoms with Crippen molar-refractivity contribution in [3.05, 3.63) is 27.1 Å². The molecule has 2 aromatic heterocycles. The molecule has 0 aromatic carbocycles. The van der Waals surface area contributed by atoms with E-state index in [0.29, 0.717) is 13.1 Å². The van der Waals surface area contributed by atoms with Gasteiger partial charge < -0.3 is 10.6 Å². The van der Waals surface area contributed by atoms with Crippen molar-refractivity contribution in [1.82, 2.24) is 20.2 Å². The second-order valence-corrected chi connectivity index (χ2v) is 7.46. The topological polar surface area (TPSA) is 76.0 Å². The van der Waals surface area contributed by atoms with Gasteiger partial charge in [0.15, 0.2) is 0 Å². The van der Waals surface area contributed by atoms with Gasteiger partial charge in [-0.1, -0.05) is 0 Å². The maximum absolute atomic E-state index is 12.8. The lowest BCUT2D eigenvalue weighted by molar-refractivity contribution is -0.121. The number of aryl methyl sites for hydroxylation is 3. The molecule has 3 rings (SSSR count). The summed E-state index contributed by atoms with van der Waals surface area (Å²) in [7, 11) is 1.86. The lowest BCUT2D eigenvalue weighted by Crippen LogP contribution is -2.37. The minimum absolute atomic E-state index is 0.00390.